The highest BCUT2D eigenvalue weighted by atomic mass is 32.2. The van der Waals surface area contributed by atoms with Gasteiger partial charge in [0.1, 0.15) is 0 Å². The van der Waals surface area contributed by atoms with Gasteiger partial charge in [-0.15, -0.1) is 11.8 Å². The van der Waals surface area contributed by atoms with Crippen molar-refractivity contribution in [1.82, 2.24) is 0 Å². The Morgan fingerprint density at radius 1 is 1.32 bits per heavy atom. The Labute approximate surface area is 149 Å². The lowest BCUT2D eigenvalue weighted by molar-refractivity contribution is -0.385. The van der Waals surface area contributed by atoms with Gasteiger partial charge in [-0.1, -0.05) is 19.1 Å². The van der Waals surface area contributed by atoms with Crippen LogP contribution in [0.4, 0.5) is 11.4 Å². The van der Waals surface area contributed by atoms with E-state index in [-0.39, 0.29) is 22.9 Å². The standard InChI is InChI=1S/C18H18N2O4S/c1-12-9-10-19(14-5-3-4-6-17(14)25-12)18(21)13-7-8-16(24-2)15(11-13)20(22)23/h3-8,11-12H,9-10H2,1-2H3. The molecule has 0 saturated heterocycles. The largest absolute Gasteiger partial charge is 0.490 e. The molecule has 0 N–H and O–H groups in total. The number of rotatable bonds is 3. The highest BCUT2D eigenvalue weighted by molar-refractivity contribution is 8.00. The number of amides is 1. The van der Waals surface area contributed by atoms with E-state index in [0.29, 0.717) is 11.8 Å². The van der Waals surface area contributed by atoms with Crippen LogP contribution in [0.25, 0.3) is 0 Å². The van der Waals surface area contributed by atoms with Gasteiger partial charge in [0.25, 0.3) is 5.91 Å². The topological polar surface area (TPSA) is 72.7 Å². The molecule has 3 rings (SSSR count). The number of fused-ring (bicyclic) bond motifs is 1. The summed E-state index contributed by atoms with van der Waals surface area (Å²) in [6.45, 7) is 2.71. The zero-order chi connectivity index (χ0) is 18.0. The monoisotopic (exact) mass is 358 g/mol. The number of hydrogen-bond acceptors (Lipinski definition) is 5. The Kier molecular flexibility index (Phi) is 4.94. The maximum absolute atomic E-state index is 13.0. The van der Waals surface area contributed by atoms with Crippen molar-refractivity contribution >= 4 is 29.0 Å². The lowest BCUT2D eigenvalue weighted by atomic mass is 10.1. The van der Waals surface area contributed by atoms with Gasteiger partial charge in [-0.3, -0.25) is 14.9 Å². The van der Waals surface area contributed by atoms with Crippen molar-refractivity contribution in [2.45, 2.75) is 23.5 Å². The molecular weight excluding hydrogens is 340 g/mol. The molecule has 2 aromatic rings. The number of carbonyl (C=O) groups excluding carboxylic acids is 1. The number of nitro benzene ring substituents is 1. The molecule has 130 valence electrons. The molecule has 6 nitrogen and oxygen atoms in total. The first kappa shape index (κ1) is 17.3. The Morgan fingerprint density at radius 3 is 2.80 bits per heavy atom. The zero-order valence-electron chi connectivity index (χ0n) is 14.0. The van der Waals surface area contributed by atoms with Crippen molar-refractivity contribution in [2.75, 3.05) is 18.6 Å². The normalized spacial score (nSPS) is 16.7. The first-order valence-electron chi connectivity index (χ1n) is 7.91. The predicted octanol–water partition coefficient (Wildman–Crippen LogP) is 4.13. The van der Waals surface area contributed by atoms with Crippen molar-refractivity contribution in [2.24, 2.45) is 0 Å². The Bertz CT molecular complexity index is 824. The molecule has 0 bridgehead atoms. The minimum Gasteiger partial charge on any atom is -0.490 e. The van der Waals surface area contributed by atoms with Crippen LogP contribution in [-0.2, 0) is 0 Å². The van der Waals surface area contributed by atoms with E-state index in [0.717, 1.165) is 17.0 Å². The number of carbonyl (C=O) groups is 1. The molecule has 1 heterocycles. The molecule has 0 spiro atoms. The van der Waals surface area contributed by atoms with E-state index < -0.39 is 4.92 Å². The Hall–Kier alpha value is -2.54. The third kappa shape index (κ3) is 3.46. The van der Waals surface area contributed by atoms with Crippen molar-refractivity contribution in [3.63, 3.8) is 0 Å². The van der Waals surface area contributed by atoms with Crippen LogP contribution in [0.5, 0.6) is 5.75 Å². The maximum Gasteiger partial charge on any atom is 0.311 e. The average molecular weight is 358 g/mol. The molecule has 2 aromatic carbocycles. The van der Waals surface area contributed by atoms with Gasteiger partial charge in [-0.25, -0.2) is 0 Å². The second-order valence-corrected chi connectivity index (χ2v) is 7.27. The van der Waals surface area contributed by atoms with E-state index in [1.165, 1.54) is 19.2 Å². The Morgan fingerprint density at radius 2 is 2.08 bits per heavy atom. The van der Waals surface area contributed by atoms with Gasteiger partial charge < -0.3 is 9.64 Å². The first-order valence-corrected chi connectivity index (χ1v) is 8.79. The van der Waals surface area contributed by atoms with Crippen LogP contribution in [0, 0.1) is 10.1 Å². The third-order valence-corrected chi connectivity index (χ3v) is 5.35. The third-order valence-electron chi connectivity index (χ3n) is 4.11. The second-order valence-electron chi connectivity index (χ2n) is 5.79. The Balaban J connectivity index is 2.01. The molecule has 0 fully saturated rings. The SMILES string of the molecule is COc1ccc(C(=O)N2CCC(C)Sc3ccccc32)cc1[N+](=O)[O-]. The summed E-state index contributed by atoms with van der Waals surface area (Å²) in [6.07, 6.45) is 0.851. The molecular formula is C18H18N2O4S. The van der Waals surface area contributed by atoms with Gasteiger partial charge in [0, 0.05) is 28.3 Å². The number of nitro groups is 1. The fourth-order valence-electron chi connectivity index (χ4n) is 2.82. The van der Waals surface area contributed by atoms with E-state index in [1.54, 1.807) is 22.7 Å². The van der Waals surface area contributed by atoms with E-state index in [9.17, 15) is 14.9 Å². The summed E-state index contributed by atoms with van der Waals surface area (Å²) in [5.41, 5.74) is 0.918. The summed E-state index contributed by atoms with van der Waals surface area (Å²) in [5.74, 6) is -0.102. The zero-order valence-corrected chi connectivity index (χ0v) is 14.8. The molecule has 1 amide bonds. The molecule has 0 aliphatic carbocycles. The first-order chi connectivity index (χ1) is 12.0. The number of methoxy groups -OCH3 is 1. The van der Waals surface area contributed by atoms with Gasteiger partial charge >= 0.3 is 5.69 Å². The number of hydrogen-bond donors (Lipinski definition) is 0. The number of thioether (sulfide) groups is 1. The van der Waals surface area contributed by atoms with Crippen LogP contribution >= 0.6 is 11.8 Å². The predicted molar refractivity (Wildman–Crippen MR) is 97.7 cm³/mol. The molecule has 7 heteroatoms. The van der Waals surface area contributed by atoms with Crippen LogP contribution < -0.4 is 9.64 Å². The van der Waals surface area contributed by atoms with Crippen LogP contribution in [0.15, 0.2) is 47.4 Å². The number of anilines is 1. The number of benzene rings is 2. The average Bonchev–Trinajstić information content (AvgIpc) is 2.78. The van der Waals surface area contributed by atoms with Gasteiger partial charge in [0.2, 0.25) is 0 Å². The highest BCUT2D eigenvalue weighted by Crippen LogP contribution is 2.38. The van der Waals surface area contributed by atoms with Gasteiger partial charge in [-0.05, 0) is 30.7 Å². The number of para-hydroxylation sites is 1. The molecule has 0 saturated carbocycles. The van der Waals surface area contributed by atoms with E-state index >= 15 is 0 Å². The van der Waals surface area contributed by atoms with E-state index in [4.69, 9.17) is 4.74 Å². The number of nitrogens with zero attached hydrogens (tertiary/aromatic N) is 2. The molecule has 1 aliphatic heterocycles. The summed E-state index contributed by atoms with van der Waals surface area (Å²) in [5, 5.41) is 11.6. The summed E-state index contributed by atoms with van der Waals surface area (Å²) in [6, 6.07) is 12.1. The lowest BCUT2D eigenvalue weighted by Crippen LogP contribution is -2.32. The quantitative estimate of drug-likeness (QED) is 0.609. The van der Waals surface area contributed by atoms with Crippen molar-refractivity contribution in [3.8, 4) is 5.75 Å². The van der Waals surface area contributed by atoms with E-state index in [2.05, 4.69) is 6.92 Å². The fraction of sp³-hybridized carbons (Fsp3) is 0.278. The molecule has 1 aliphatic rings. The smallest absolute Gasteiger partial charge is 0.311 e. The van der Waals surface area contributed by atoms with Crippen molar-refractivity contribution < 1.29 is 14.5 Å². The molecule has 1 unspecified atom stereocenters. The minimum atomic E-state index is -0.538. The fourth-order valence-corrected chi connectivity index (χ4v) is 3.93. The summed E-state index contributed by atoms with van der Waals surface area (Å²) in [7, 11) is 1.37. The lowest BCUT2D eigenvalue weighted by Gasteiger charge is -2.22. The van der Waals surface area contributed by atoms with Crippen LogP contribution in [0.3, 0.4) is 0 Å². The molecule has 0 aromatic heterocycles. The van der Waals surface area contributed by atoms with Crippen LogP contribution in [0.2, 0.25) is 0 Å². The van der Waals surface area contributed by atoms with Crippen LogP contribution in [0.1, 0.15) is 23.7 Å². The van der Waals surface area contributed by atoms with E-state index in [1.807, 2.05) is 24.3 Å². The van der Waals surface area contributed by atoms with Crippen molar-refractivity contribution in [1.29, 1.82) is 0 Å². The highest BCUT2D eigenvalue weighted by Gasteiger charge is 2.27. The molecule has 1 atom stereocenters. The van der Waals surface area contributed by atoms with Gasteiger partial charge in [0.05, 0.1) is 17.7 Å². The van der Waals surface area contributed by atoms with Crippen molar-refractivity contribution in [3.05, 3.63) is 58.1 Å². The summed E-state index contributed by atoms with van der Waals surface area (Å²) < 4.78 is 5.01. The number of ether oxygens (including phenoxy) is 1. The van der Waals surface area contributed by atoms with Gasteiger partial charge in [-0.2, -0.15) is 0 Å². The molecule has 25 heavy (non-hydrogen) atoms. The maximum atomic E-state index is 13.0. The summed E-state index contributed by atoms with van der Waals surface area (Å²) >= 11 is 1.74. The summed E-state index contributed by atoms with van der Waals surface area (Å²) in [4.78, 5) is 26.5. The van der Waals surface area contributed by atoms with Gasteiger partial charge in [0.15, 0.2) is 5.75 Å². The second kappa shape index (κ2) is 7.14. The van der Waals surface area contributed by atoms with Crippen LogP contribution in [-0.4, -0.2) is 29.7 Å². The molecule has 0 radical (unpaired) electrons. The minimum absolute atomic E-state index is 0.141.